The Bertz CT molecular complexity index is 519. The number of aromatic nitrogens is 1. The zero-order valence-electron chi connectivity index (χ0n) is 9.86. The lowest BCUT2D eigenvalue weighted by Crippen LogP contribution is -2.34. The number of anilines is 1. The van der Waals surface area contributed by atoms with Crippen molar-refractivity contribution in [3.8, 4) is 0 Å². The molecule has 2 aromatic heterocycles. The van der Waals surface area contributed by atoms with Gasteiger partial charge in [-0.3, -0.25) is 4.79 Å². The quantitative estimate of drug-likeness (QED) is 0.844. The molecule has 5 nitrogen and oxygen atoms in total. The molecule has 2 aromatic rings. The van der Waals surface area contributed by atoms with Crippen LogP contribution < -0.4 is 10.6 Å². The number of nitrogens with zero attached hydrogens (tertiary/aromatic N) is 1. The first-order chi connectivity index (χ1) is 8.16. The van der Waals surface area contributed by atoms with Crippen molar-refractivity contribution >= 4 is 22.7 Å². The number of rotatable bonds is 4. The SMILES string of the molecule is CC(C)NC(=O)CNc1nccc2occc12. The Morgan fingerprint density at radius 3 is 3.06 bits per heavy atom. The lowest BCUT2D eigenvalue weighted by molar-refractivity contribution is -0.119. The molecule has 0 aliphatic rings. The highest BCUT2D eigenvalue weighted by molar-refractivity contribution is 5.90. The molecule has 2 heterocycles. The summed E-state index contributed by atoms with van der Waals surface area (Å²) in [5, 5.41) is 6.68. The number of amides is 1. The van der Waals surface area contributed by atoms with Crippen molar-refractivity contribution in [1.82, 2.24) is 10.3 Å². The zero-order chi connectivity index (χ0) is 12.3. The summed E-state index contributed by atoms with van der Waals surface area (Å²) in [6.07, 6.45) is 3.25. The zero-order valence-corrected chi connectivity index (χ0v) is 9.86. The van der Waals surface area contributed by atoms with E-state index >= 15 is 0 Å². The monoisotopic (exact) mass is 233 g/mol. The summed E-state index contributed by atoms with van der Waals surface area (Å²) in [6.45, 7) is 4.05. The van der Waals surface area contributed by atoms with E-state index in [9.17, 15) is 4.79 Å². The molecular formula is C12H15N3O2. The highest BCUT2D eigenvalue weighted by atomic mass is 16.3. The van der Waals surface area contributed by atoms with Gasteiger partial charge < -0.3 is 15.1 Å². The topological polar surface area (TPSA) is 67.2 Å². The number of pyridine rings is 1. The lowest BCUT2D eigenvalue weighted by Gasteiger charge is -2.09. The van der Waals surface area contributed by atoms with E-state index in [1.54, 1.807) is 18.5 Å². The van der Waals surface area contributed by atoms with Gasteiger partial charge in [0.1, 0.15) is 11.4 Å². The Labute approximate surface area is 99.2 Å². The van der Waals surface area contributed by atoms with Crippen LogP contribution in [0.4, 0.5) is 5.82 Å². The highest BCUT2D eigenvalue weighted by Gasteiger charge is 2.07. The van der Waals surface area contributed by atoms with E-state index < -0.39 is 0 Å². The van der Waals surface area contributed by atoms with Gasteiger partial charge >= 0.3 is 0 Å². The minimum Gasteiger partial charge on any atom is -0.464 e. The minimum absolute atomic E-state index is 0.0534. The Hall–Kier alpha value is -2.04. The molecular weight excluding hydrogens is 218 g/mol. The molecule has 17 heavy (non-hydrogen) atoms. The van der Waals surface area contributed by atoms with Gasteiger partial charge in [-0.15, -0.1) is 0 Å². The number of nitrogens with one attached hydrogen (secondary N) is 2. The Morgan fingerprint density at radius 2 is 2.29 bits per heavy atom. The molecule has 0 radical (unpaired) electrons. The third-order valence-corrected chi connectivity index (χ3v) is 2.25. The fourth-order valence-electron chi connectivity index (χ4n) is 1.57. The maximum Gasteiger partial charge on any atom is 0.239 e. The van der Waals surface area contributed by atoms with Gasteiger partial charge in [-0.1, -0.05) is 0 Å². The molecule has 0 saturated carbocycles. The summed E-state index contributed by atoms with van der Waals surface area (Å²) >= 11 is 0. The third-order valence-electron chi connectivity index (χ3n) is 2.25. The van der Waals surface area contributed by atoms with Gasteiger partial charge in [0, 0.05) is 12.2 Å². The van der Waals surface area contributed by atoms with Crippen LogP contribution in [0.5, 0.6) is 0 Å². The molecule has 1 amide bonds. The van der Waals surface area contributed by atoms with Crippen molar-refractivity contribution in [2.75, 3.05) is 11.9 Å². The van der Waals surface area contributed by atoms with Gasteiger partial charge in [0.05, 0.1) is 18.2 Å². The van der Waals surface area contributed by atoms with E-state index in [2.05, 4.69) is 15.6 Å². The summed E-state index contributed by atoms with van der Waals surface area (Å²) in [5.41, 5.74) is 0.756. The van der Waals surface area contributed by atoms with Crippen molar-refractivity contribution in [3.63, 3.8) is 0 Å². The number of hydrogen-bond donors (Lipinski definition) is 2. The fraction of sp³-hybridized carbons (Fsp3) is 0.333. The van der Waals surface area contributed by atoms with Gasteiger partial charge in [-0.2, -0.15) is 0 Å². The van der Waals surface area contributed by atoms with E-state index in [-0.39, 0.29) is 18.5 Å². The van der Waals surface area contributed by atoms with Crippen LogP contribution in [-0.2, 0) is 4.79 Å². The number of carbonyl (C=O) groups is 1. The van der Waals surface area contributed by atoms with E-state index in [4.69, 9.17) is 4.42 Å². The Morgan fingerprint density at radius 1 is 1.47 bits per heavy atom. The first-order valence-corrected chi connectivity index (χ1v) is 5.52. The standard InChI is InChI=1S/C12H15N3O2/c1-8(2)15-11(16)7-14-12-9-4-6-17-10(9)3-5-13-12/h3-6,8H,7H2,1-2H3,(H,13,14)(H,15,16). The summed E-state index contributed by atoms with van der Waals surface area (Å²) in [4.78, 5) is 15.7. The maximum atomic E-state index is 11.5. The average Bonchev–Trinajstić information content (AvgIpc) is 2.73. The highest BCUT2D eigenvalue weighted by Crippen LogP contribution is 2.21. The van der Waals surface area contributed by atoms with E-state index in [0.717, 1.165) is 11.0 Å². The van der Waals surface area contributed by atoms with Crippen LogP contribution in [-0.4, -0.2) is 23.5 Å². The van der Waals surface area contributed by atoms with Crippen molar-refractivity contribution in [2.24, 2.45) is 0 Å². The molecule has 0 aromatic carbocycles. The van der Waals surface area contributed by atoms with Crippen LogP contribution in [0, 0.1) is 0 Å². The maximum absolute atomic E-state index is 11.5. The number of carbonyl (C=O) groups excluding carboxylic acids is 1. The molecule has 90 valence electrons. The van der Waals surface area contributed by atoms with Crippen LogP contribution in [0.25, 0.3) is 11.0 Å². The molecule has 0 bridgehead atoms. The van der Waals surface area contributed by atoms with Crippen LogP contribution in [0.15, 0.2) is 29.0 Å². The smallest absolute Gasteiger partial charge is 0.239 e. The summed E-state index contributed by atoms with van der Waals surface area (Å²) in [7, 11) is 0. The molecule has 0 unspecified atom stereocenters. The van der Waals surface area contributed by atoms with Crippen molar-refractivity contribution in [1.29, 1.82) is 0 Å². The molecule has 0 atom stereocenters. The van der Waals surface area contributed by atoms with Gasteiger partial charge in [0.15, 0.2) is 0 Å². The van der Waals surface area contributed by atoms with Gasteiger partial charge in [-0.25, -0.2) is 4.98 Å². The predicted molar refractivity (Wildman–Crippen MR) is 65.8 cm³/mol. The molecule has 5 heteroatoms. The van der Waals surface area contributed by atoms with Crippen LogP contribution in [0.1, 0.15) is 13.8 Å². The van der Waals surface area contributed by atoms with E-state index in [0.29, 0.717) is 5.82 Å². The minimum atomic E-state index is -0.0534. The lowest BCUT2D eigenvalue weighted by atomic mass is 10.3. The molecule has 0 fully saturated rings. The first kappa shape index (κ1) is 11.4. The predicted octanol–water partition coefficient (Wildman–Crippen LogP) is 1.76. The molecule has 2 rings (SSSR count). The second-order valence-electron chi connectivity index (χ2n) is 4.07. The first-order valence-electron chi connectivity index (χ1n) is 5.52. The fourth-order valence-corrected chi connectivity index (χ4v) is 1.57. The van der Waals surface area contributed by atoms with Gasteiger partial charge in [0.25, 0.3) is 0 Å². The van der Waals surface area contributed by atoms with Crippen molar-refractivity contribution in [3.05, 3.63) is 24.6 Å². The molecule has 0 spiro atoms. The molecule has 2 N–H and O–H groups in total. The normalized spacial score (nSPS) is 10.8. The number of furan rings is 1. The molecule has 0 aliphatic heterocycles. The molecule has 0 aliphatic carbocycles. The van der Waals surface area contributed by atoms with E-state index in [1.165, 1.54) is 0 Å². The Balaban J connectivity index is 2.04. The largest absolute Gasteiger partial charge is 0.464 e. The summed E-state index contributed by atoms with van der Waals surface area (Å²) in [5.74, 6) is 0.609. The second kappa shape index (κ2) is 4.86. The molecule has 0 saturated heterocycles. The average molecular weight is 233 g/mol. The van der Waals surface area contributed by atoms with Gasteiger partial charge in [0.2, 0.25) is 5.91 Å². The summed E-state index contributed by atoms with van der Waals surface area (Å²) < 4.78 is 5.25. The van der Waals surface area contributed by atoms with Crippen LogP contribution in [0.2, 0.25) is 0 Å². The van der Waals surface area contributed by atoms with Crippen LogP contribution >= 0.6 is 0 Å². The number of fused-ring (bicyclic) bond motifs is 1. The van der Waals surface area contributed by atoms with Crippen molar-refractivity contribution < 1.29 is 9.21 Å². The summed E-state index contributed by atoms with van der Waals surface area (Å²) in [6, 6.07) is 3.75. The van der Waals surface area contributed by atoms with Crippen molar-refractivity contribution in [2.45, 2.75) is 19.9 Å². The van der Waals surface area contributed by atoms with Crippen LogP contribution in [0.3, 0.4) is 0 Å². The van der Waals surface area contributed by atoms with Gasteiger partial charge in [-0.05, 0) is 26.0 Å². The number of hydrogen-bond acceptors (Lipinski definition) is 4. The van der Waals surface area contributed by atoms with E-state index in [1.807, 2.05) is 19.9 Å². The Kier molecular flexibility index (Phi) is 3.27. The second-order valence-corrected chi connectivity index (χ2v) is 4.07. The third kappa shape index (κ3) is 2.75.